The van der Waals surface area contributed by atoms with Gasteiger partial charge >= 0.3 is 0 Å². The highest BCUT2D eigenvalue weighted by Crippen LogP contribution is 2.26. The zero-order valence-corrected chi connectivity index (χ0v) is 17.7. The second kappa shape index (κ2) is 8.89. The summed E-state index contributed by atoms with van der Waals surface area (Å²) in [5.74, 6) is 0.385. The van der Waals surface area contributed by atoms with Gasteiger partial charge in [-0.2, -0.15) is 0 Å². The third kappa shape index (κ3) is 4.39. The fourth-order valence-electron chi connectivity index (χ4n) is 3.42. The van der Waals surface area contributed by atoms with E-state index in [0.717, 1.165) is 37.7 Å². The van der Waals surface area contributed by atoms with E-state index in [0.29, 0.717) is 28.5 Å². The Morgan fingerprint density at radius 1 is 0.938 bits per heavy atom. The molecule has 4 aromatic rings. The fraction of sp³-hybridized carbons (Fsp3) is 0.182. The highest BCUT2D eigenvalue weighted by atomic mass is 35.5. The van der Waals surface area contributed by atoms with Gasteiger partial charge in [-0.1, -0.05) is 11.6 Å². The molecule has 2 aromatic heterocycles. The number of rotatable bonds is 5. The van der Waals surface area contributed by atoms with Crippen molar-refractivity contribution in [1.29, 1.82) is 0 Å². The Hall–Kier alpha value is -3.56. The largest absolute Gasteiger partial charge is 0.378 e. The fourth-order valence-corrected chi connectivity index (χ4v) is 3.60. The quantitative estimate of drug-likeness (QED) is 0.457. The SMILES string of the molecule is Fc1ccc(Nc2ncnc3cnc(Nc4ccc(N5CCOCC5)cc4)nc23)cc1Cl. The van der Waals surface area contributed by atoms with Crippen LogP contribution in [0.5, 0.6) is 0 Å². The molecule has 1 aliphatic rings. The van der Waals surface area contributed by atoms with Gasteiger partial charge in [0.25, 0.3) is 0 Å². The van der Waals surface area contributed by atoms with Crippen molar-refractivity contribution < 1.29 is 9.13 Å². The number of benzene rings is 2. The number of nitrogens with zero attached hydrogens (tertiary/aromatic N) is 5. The molecule has 162 valence electrons. The predicted octanol–water partition coefficient (Wildman–Crippen LogP) is 4.54. The summed E-state index contributed by atoms with van der Waals surface area (Å²) >= 11 is 5.88. The maximum atomic E-state index is 13.5. The second-order valence-corrected chi connectivity index (χ2v) is 7.58. The molecular weight excluding hydrogens is 433 g/mol. The van der Waals surface area contributed by atoms with Crippen LogP contribution in [0.25, 0.3) is 11.0 Å². The summed E-state index contributed by atoms with van der Waals surface area (Å²) in [7, 11) is 0. The van der Waals surface area contributed by atoms with Gasteiger partial charge in [-0.05, 0) is 42.5 Å². The Balaban J connectivity index is 1.38. The van der Waals surface area contributed by atoms with E-state index in [-0.39, 0.29) is 5.02 Å². The highest BCUT2D eigenvalue weighted by Gasteiger charge is 2.12. The first kappa shape index (κ1) is 20.3. The molecule has 1 aliphatic heterocycles. The highest BCUT2D eigenvalue weighted by molar-refractivity contribution is 6.31. The Morgan fingerprint density at radius 2 is 1.72 bits per heavy atom. The van der Waals surface area contributed by atoms with Crippen LogP contribution in [0.4, 0.5) is 33.2 Å². The lowest BCUT2D eigenvalue weighted by Crippen LogP contribution is -2.36. The lowest BCUT2D eigenvalue weighted by molar-refractivity contribution is 0.122. The van der Waals surface area contributed by atoms with E-state index in [1.165, 1.54) is 18.5 Å². The van der Waals surface area contributed by atoms with Crippen LogP contribution in [-0.2, 0) is 4.74 Å². The lowest BCUT2D eigenvalue weighted by atomic mass is 10.2. The first-order valence-electron chi connectivity index (χ1n) is 10.1. The van der Waals surface area contributed by atoms with Gasteiger partial charge in [0.2, 0.25) is 5.95 Å². The third-order valence-electron chi connectivity index (χ3n) is 5.06. The smallest absolute Gasteiger partial charge is 0.227 e. The van der Waals surface area contributed by atoms with Crippen LogP contribution in [0, 0.1) is 5.82 Å². The number of anilines is 5. The molecule has 0 atom stereocenters. The molecule has 5 rings (SSSR count). The molecule has 8 nitrogen and oxygen atoms in total. The number of morpholine rings is 1. The van der Waals surface area contributed by atoms with Gasteiger partial charge in [0.05, 0.1) is 24.4 Å². The number of halogens is 2. The predicted molar refractivity (Wildman–Crippen MR) is 123 cm³/mol. The standard InChI is InChI=1S/C22H19ClFN7O/c23-17-11-15(3-6-18(17)24)28-21-20-19(26-13-27-21)12-25-22(30-20)29-14-1-4-16(5-2-14)31-7-9-32-10-8-31/h1-6,11-13H,7-10H2,(H,25,29,30)(H,26,27,28). The van der Waals surface area contributed by atoms with E-state index in [4.69, 9.17) is 16.3 Å². The van der Waals surface area contributed by atoms with Gasteiger partial charge in [-0.25, -0.2) is 24.3 Å². The van der Waals surface area contributed by atoms with Gasteiger partial charge in [0.1, 0.15) is 23.2 Å². The van der Waals surface area contributed by atoms with Crippen LogP contribution in [0.3, 0.4) is 0 Å². The van der Waals surface area contributed by atoms with Crippen LogP contribution in [0.15, 0.2) is 55.0 Å². The van der Waals surface area contributed by atoms with E-state index in [1.807, 2.05) is 12.1 Å². The molecule has 0 saturated carbocycles. The molecule has 2 aromatic carbocycles. The third-order valence-corrected chi connectivity index (χ3v) is 5.35. The summed E-state index contributed by atoms with van der Waals surface area (Å²) in [5, 5.41) is 6.35. The normalized spacial score (nSPS) is 13.9. The van der Waals surface area contributed by atoms with E-state index >= 15 is 0 Å². The summed E-state index contributed by atoms with van der Waals surface area (Å²) in [5.41, 5.74) is 3.69. The zero-order valence-electron chi connectivity index (χ0n) is 16.9. The van der Waals surface area contributed by atoms with Crippen molar-refractivity contribution in [3.05, 3.63) is 65.8 Å². The maximum Gasteiger partial charge on any atom is 0.227 e. The molecule has 0 bridgehead atoms. The number of nitrogens with one attached hydrogen (secondary N) is 2. The summed E-state index contributed by atoms with van der Waals surface area (Å²) in [4.78, 5) is 19.7. The Labute approximate surface area is 188 Å². The molecule has 0 unspecified atom stereocenters. The van der Waals surface area contributed by atoms with Crippen molar-refractivity contribution in [2.24, 2.45) is 0 Å². The number of hydrogen-bond donors (Lipinski definition) is 2. The molecule has 1 saturated heterocycles. The number of fused-ring (bicyclic) bond motifs is 1. The van der Waals surface area contributed by atoms with Gasteiger partial charge in [-0.15, -0.1) is 0 Å². The lowest BCUT2D eigenvalue weighted by Gasteiger charge is -2.28. The molecule has 10 heteroatoms. The van der Waals surface area contributed by atoms with E-state index in [1.54, 1.807) is 12.3 Å². The molecule has 0 aliphatic carbocycles. The van der Waals surface area contributed by atoms with Gasteiger partial charge < -0.3 is 20.3 Å². The zero-order chi connectivity index (χ0) is 21.9. The van der Waals surface area contributed by atoms with Crippen LogP contribution in [0.2, 0.25) is 5.02 Å². The first-order valence-corrected chi connectivity index (χ1v) is 10.4. The van der Waals surface area contributed by atoms with Crippen molar-refractivity contribution in [3.63, 3.8) is 0 Å². The van der Waals surface area contributed by atoms with E-state index in [2.05, 4.69) is 47.6 Å². The van der Waals surface area contributed by atoms with Gasteiger partial charge in [0.15, 0.2) is 5.82 Å². The van der Waals surface area contributed by atoms with Crippen molar-refractivity contribution in [1.82, 2.24) is 19.9 Å². The van der Waals surface area contributed by atoms with Crippen molar-refractivity contribution in [2.75, 3.05) is 41.8 Å². The monoisotopic (exact) mass is 451 g/mol. The average Bonchev–Trinajstić information content (AvgIpc) is 2.83. The molecule has 1 fully saturated rings. The van der Waals surface area contributed by atoms with Gasteiger partial charge in [0, 0.05) is 30.2 Å². The maximum absolute atomic E-state index is 13.5. The average molecular weight is 452 g/mol. The Morgan fingerprint density at radius 3 is 2.50 bits per heavy atom. The number of ether oxygens (including phenoxy) is 1. The van der Waals surface area contributed by atoms with Gasteiger partial charge in [-0.3, -0.25) is 0 Å². The van der Waals surface area contributed by atoms with E-state index < -0.39 is 5.82 Å². The molecule has 3 heterocycles. The molecular formula is C22H19ClFN7O. The molecule has 32 heavy (non-hydrogen) atoms. The van der Waals surface area contributed by atoms with Crippen molar-refractivity contribution in [3.8, 4) is 0 Å². The topological polar surface area (TPSA) is 88.1 Å². The minimum atomic E-state index is -0.488. The summed E-state index contributed by atoms with van der Waals surface area (Å²) < 4.78 is 18.9. The Bertz CT molecular complexity index is 1250. The van der Waals surface area contributed by atoms with Crippen LogP contribution in [-0.4, -0.2) is 46.2 Å². The Kier molecular flexibility index (Phi) is 5.66. The number of aromatic nitrogens is 4. The molecule has 0 amide bonds. The molecule has 2 N–H and O–H groups in total. The molecule has 0 spiro atoms. The summed E-state index contributed by atoms with van der Waals surface area (Å²) in [6.07, 6.45) is 3.04. The second-order valence-electron chi connectivity index (χ2n) is 7.17. The van der Waals surface area contributed by atoms with Crippen molar-refractivity contribution in [2.45, 2.75) is 0 Å². The van der Waals surface area contributed by atoms with Crippen LogP contribution >= 0.6 is 11.6 Å². The summed E-state index contributed by atoms with van der Waals surface area (Å²) in [6.45, 7) is 3.26. The minimum Gasteiger partial charge on any atom is -0.378 e. The summed E-state index contributed by atoms with van der Waals surface area (Å²) in [6, 6.07) is 12.4. The first-order chi connectivity index (χ1) is 15.7. The molecule has 0 radical (unpaired) electrons. The van der Waals surface area contributed by atoms with Crippen LogP contribution < -0.4 is 15.5 Å². The van der Waals surface area contributed by atoms with Crippen molar-refractivity contribution >= 4 is 51.5 Å². The minimum absolute atomic E-state index is 0.0193. The van der Waals surface area contributed by atoms with Crippen LogP contribution in [0.1, 0.15) is 0 Å². The number of hydrogen-bond acceptors (Lipinski definition) is 8. The van der Waals surface area contributed by atoms with E-state index in [9.17, 15) is 4.39 Å².